The molecule has 0 spiro atoms. The molecule has 5 rings (SSSR count). The van der Waals surface area contributed by atoms with Gasteiger partial charge in [0.2, 0.25) is 11.2 Å². The topological polar surface area (TPSA) is 123 Å². The van der Waals surface area contributed by atoms with E-state index in [2.05, 4.69) is 15.3 Å². The lowest BCUT2D eigenvalue weighted by molar-refractivity contribution is -0.107. The first-order chi connectivity index (χ1) is 18.8. The first kappa shape index (κ1) is 26.9. The predicted octanol–water partition coefficient (Wildman–Crippen LogP) is 5.93. The number of benzene rings is 2. The molecule has 0 bridgehead atoms. The molecule has 2 amide bonds. The molecular weight excluding hydrogens is 567 g/mol. The van der Waals surface area contributed by atoms with Gasteiger partial charge in [0.25, 0.3) is 0 Å². The molecule has 0 unspecified atom stereocenters. The smallest absolute Gasteiger partial charge is 0.330 e. The number of hydrogen-bond donors (Lipinski definition) is 2. The van der Waals surface area contributed by atoms with Gasteiger partial charge < -0.3 is 20.5 Å². The Kier molecular flexibility index (Phi) is 7.69. The second kappa shape index (κ2) is 11.2. The van der Waals surface area contributed by atoms with E-state index in [1.807, 2.05) is 18.2 Å². The molecular formula is C26H23Cl3N6O4. The van der Waals surface area contributed by atoms with E-state index in [1.165, 1.54) is 24.2 Å². The largest absolute Gasteiger partial charge is 0.495 e. The normalized spacial score (nSPS) is 14.9. The molecule has 202 valence electrons. The van der Waals surface area contributed by atoms with Gasteiger partial charge in [0, 0.05) is 23.9 Å². The summed E-state index contributed by atoms with van der Waals surface area (Å²) in [5, 5.41) is 2.74. The fourth-order valence-corrected chi connectivity index (χ4v) is 4.92. The molecule has 1 fully saturated rings. The molecule has 1 aliphatic heterocycles. The minimum Gasteiger partial charge on any atom is -0.495 e. The van der Waals surface area contributed by atoms with Crippen LogP contribution in [0.4, 0.5) is 33.6 Å². The van der Waals surface area contributed by atoms with Crippen molar-refractivity contribution in [3.8, 4) is 11.5 Å². The highest BCUT2D eigenvalue weighted by atomic mass is 35.5. The van der Waals surface area contributed by atoms with Gasteiger partial charge in [-0.05, 0) is 48.7 Å². The van der Waals surface area contributed by atoms with Gasteiger partial charge in [-0.1, -0.05) is 35.3 Å². The lowest BCUT2D eigenvalue weighted by atomic mass is 10.1. The van der Waals surface area contributed by atoms with E-state index in [1.54, 1.807) is 17.2 Å². The van der Waals surface area contributed by atoms with E-state index in [9.17, 15) is 9.59 Å². The van der Waals surface area contributed by atoms with Crippen LogP contribution in [0, 0.1) is 0 Å². The van der Waals surface area contributed by atoms with Crippen molar-refractivity contribution in [1.29, 1.82) is 0 Å². The van der Waals surface area contributed by atoms with Crippen molar-refractivity contribution in [2.75, 3.05) is 34.6 Å². The molecule has 0 radical (unpaired) electrons. The van der Waals surface area contributed by atoms with Gasteiger partial charge in [-0.3, -0.25) is 14.6 Å². The highest BCUT2D eigenvalue weighted by Crippen LogP contribution is 2.49. The van der Waals surface area contributed by atoms with Crippen molar-refractivity contribution in [1.82, 2.24) is 9.97 Å². The Morgan fingerprint density at radius 3 is 2.67 bits per heavy atom. The molecule has 3 N–H and O–H groups in total. The maximum atomic E-state index is 13.9. The number of carbonyl (C=O) groups is 2. The molecule has 39 heavy (non-hydrogen) atoms. The van der Waals surface area contributed by atoms with E-state index in [0.29, 0.717) is 28.7 Å². The number of hydrogen-bond acceptors (Lipinski definition) is 8. The van der Waals surface area contributed by atoms with E-state index in [4.69, 9.17) is 50.0 Å². The van der Waals surface area contributed by atoms with Crippen molar-refractivity contribution in [3.05, 3.63) is 64.3 Å². The zero-order valence-corrected chi connectivity index (χ0v) is 22.9. The molecule has 1 aromatic heterocycles. The summed E-state index contributed by atoms with van der Waals surface area (Å²) in [5.41, 5.74) is 8.19. The van der Waals surface area contributed by atoms with Crippen molar-refractivity contribution in [2.24, 2.45) is 0 Å². The number of nitrogens with zero attached hydrogens (tertiary/aromatic N) is 4. The van der Waals surface area contributed by atoms with Gasteiger partial charge in [0.05, 0.1) is 30.7 Å². The lowest BCUT2D eigenvalue weighted by Gasteiger charge is -2.37. The fraction of sp³-hybridized carbons (Fsp3) is 0.231. The van der Waals surface area contributed by atoms with Crippen LogP contribution in [-0.4, -0.2) is 41.0 Å². The Morgan fingerprint density at radius 2 is 1.97 bits per heavy atom. The molecule has 1 aliphatic carbocycles. The van der Waals surface area contributed by atoms with Crippen molar-refractivity contribution in [2.45, 2.75) is 25.4 Å². The zero-order valence-electron chi connectivity index (χ0n) is 20.7. The number of allylic oxidation sites excluding steroid dienone is 1. The Hall–Kier alpha value is -3.73. The summed E-state index contributed by atoms with van der Waals surface area (Å²) in [6, 6.07) is 8.42. The number of nitrogens with two attached hydrogens (primary N) is 1. The van der Waals surface area contributed by atoms with Gasteiger partial charge in [-0.25, -0.2) is 9.78 Å². The van der Waals surface area contributed by atoms with Crippen LogP contribution >= 0.6 is 34.8 Å². The van der Waals surface area contributed by atoms with Gasteiger partial charge in [-0.15, -0.1) is 0 Å². The third-order valence-electron chi connectivity index (χ3n) is 6.14. The van der Waals surface area contributed by atoms with E-state index in [-0.39, 0.29) is 52.5 Å². The first-order valence-electron chi connectivity index (χ1n) is 11.9. The number of para-hydroxylation sites is 2. The first-order valence-corrected chi connectivity index (χ1v) is 13.0. The molecule has 1 saturated carbocycles. The second-order valence-corrected chi connectivity index (χ2v) is 9.92. The maximum absolute atomic E-state index is 13.9. The van der Waals surface area contributed by atoms with Crippen LogP contribution in [0.25, 0.3) is 0 Å². The number of ether oxygens (including phenoxy) is 2. The van der Waals surface area contributed by atoms with E-state index < -0.39 is 5.24 Å². The number of carbonyl (C=O) groups excluding carboxylic acids is 2. The minimum atomic E-state index is -0.635. The summed E-state index contributed by atoms with van der Waals surface area (Å²) < 4.78 is 11.2. The molecule has 3 aromatic rings. The van der Waals surface area contributed by atoms with Gasteiger partial charge in [0.15, 0.2) is 0 Å². The van der Waals surface area contributed by atoms with Gasteiger partial charge in [-0.2, -0.15) is 4.98 Å². The summed E-state index contributed by atoms with van der Waals surface area (Å²) in [5.74, 6) is 1.30. The summed E-state index contributed by atoms with van der Waals surface area (Å²) in [6.07, 6.45) is 5.92. The van der Waals surface area contributed by atoms with E-state index in [0.717, 1.165) is 18.9 Å². The number of urea groups is 1. The van der Waals surface area contributed by atoms with Gasteiger partial charge in [0.1, 0.15) is 34.0 Å². The van der Waals surface area contributed by atoms with Crippen molar-refractivity contribution >= 4 is 74.9 Å². The zero-order chi connectivity index (χ0) is 27.7. The molecule has 0 atom stereocenters. The lowest BCUT2D eigenvalue weighted by Crippen LogP contribution is -2.49. The average Bonchev–Trinajstić information content (AvgIpc) is 3.74. The van der Waals surface area contributed by atoms with Crippen LogP contribution in [0.2, 0.25) is 10.0 Å². The summed E-state index contributed by atoms with van der Waals surface area (Å²) in [4.78, 5) is 37.1. The number of aromatic nitrogens is 2. The van der Waals surface area contributed by atoms with Crippen LogP contribution < -0.4 is 30.3 Å². The number of anilines is 5. The molecule has 0 saturated heterocycles. The van der Waals surface area contributed by atoms with Crippen LogP contribution in [0.5, 0.6) is 11.5 Å². The Balaban J connectivity index is 1.51. The van der Waals surface area contributed by atoms with Crippen LogP contribution in [-0.2, 0) is 11.3 Å². The number of fused-ring (bicyclic) bond motifs is 1. The third-order valence-corrected chi connectivity index (χ3v) is 7.00. The van der Waals surface area contributed by atoms with E-state index >= 15 is 0 Å². The monoisotopic (exact) mass is 588 g/mol. The molecule has 2 aliphatic rings. The third kappa shape index (κ3) is 5.54. The van der Waals surface area contributed by atoms with Gasteiger partial charge >= 0.3 is 6.03 Å². The standard InChI is InChI=1S/C26H23Cl3N6O4/c1-38-18-11-19(39-10-4-7-20(27)36)22(29)23(21(18)28)34-13-14-12-31-25(32-17-6-3-2-5-16(17)30)33-24(14)35(26(34)37)15-8-9-15/h2-7,11-12,15H,8-10,13,30H2,1H3,(H,31,32,33)/b7-4+. The number of rotatable bonds is 9. The Morgan fingerprint density at radius 1 is 1.23 bits per heavy atom. The second-order valence-electron chi connectivity index (χ2n) is 8.80. The minimum absolute atomic E-state index is 0.00291. The quantitative estimate of drug-likeness (QED) is 0.179. The predicted molar refractivity (Wildman–Crippen MR) is 152 cm³/mol. The van der Waals surface area contributed by atoms with Crippen LogP contribution in [0.15, 0.2) is 48.7 Å². The number of amides is 2. The summed E-state index contributed by atoms with van der Waals surface area (Å²) in [6.45, 7) is 0.112. The number of nitrogen functional groups attached to an aromatic ring is 1. The SMILES string of the molecule is COc1cc(OC/C=C/C(=O)Cl)c(Cl)c(N2Cc3cnc(Nc4ccccc4N)nc3N(C3CC3)C2=O)c1Cl. The van der Waals surface area contributed by atoms with Crippen molar-refractivity contribution < 1.29 is 19.1 Å². The maximum Gasteiger partial charge on any atom is 0.330 e. The summed E-state index contributed by atoms with van der Waals surface area (Å²) >= 11 is 18.7. The summed E-state index contributed by atoms with van der Waals surface area (Å²) in [7, 11) is 1.44. The van der Waals surface area contributed by atoms with Crippen molar-refractivity contribution in [3.63, 3.8) is 0 Å². The molecule has 2 heterocycles. The van der Waals surface area contributed by atoms with Crippen LogP contribution in [0.3, 0.4) is 0 Å². The Labute approximate surface area is 239 Å². The molecule has 2 aromatic carbocycles. The Bertz CT molecular complexity index is 1480. The highest BCUT2D eigenvalue weighted by molar-refractivity contribution is 6.66. The van der Waals surface area contributed by atoms with Crippen LogP contribution in [0.1, 0.15) is 18.4 Å². The average molecular weight is 590 g/mol. The fourth-order valence-electron chi connectivity index (χ4n) is 4.15. The molecule has 10 nitrogen and oxygen atoms in total. The number of nitrogens with one attached hydrogen (secondary N) is 1. The number of halogens is 3. The highest BCUT2D eigenvalue weighted by Gasteiger charge is 2.43. The number of methoxy groups -OCH3 is 1. The molecule has 13 heteroatoms.